The summed E-state index contributed by atoms with van der Waals surface area (Å²) in [5.41, 5.74) is 1.49. The van der Waals surface area contributed by atoms with Gasteiger partial charge in [-0.3, -0.25) is 19.5 Å². The molecule has 0 fully saturated rings. The second-order valence-corrected chi connectivity index (χ2v) is 9.93. The average molecular weight is 536 g/mol. The predicted molar refractivity (Wildman–Crippen MR) is 145 cm³/mol. The predicted octanol–water partition coefficient (Wildman–Crippen LogP) is 2.52. The summed E-state index contributed by atoms with van der Waals surface area (Å²) in [6.07, 6.45) is 4.20. The molecule has 11 nitrogen and oxygen atoms in total. The van der Waals surface area contributed by atoms with Gasteiger partial charge in [0.1, 0.15) is 18.3 Å². The number of amides is 2. The van der Waals surface area contributed by atoms with Crippen LogP contribution in [0.25, 0.3) is 0 Å². The van der Waals surface area contributed by atoms with Crippen LogP contribution in [0.1, 0.15) is 53.9 Å². The minimum atomic E-state index is -0.324. The van der Waals surface area contributed by atoms with Crippen LogP contribution in [0, 0.1) is 12.8 Å². The van der Waals surface area contributed by atoms with Crippen molar-refractivity contribution < 1.29 is 19.1 Å². The molecule has 0 unspecified atom stereocenters. The number of nitrogens with one attached hydrogen (secondary N) is 2. The van der Waals surface area contributed by atoms with Gasteiger partial charge in [-0.05, 0) is 49.1 Å². The Morgan fingerprint density at radius 1 is 1.21 bits per heavy atom. The molecule has 3 aromatic rings. The molecule has 39 heavy (non-hydrogen) atoms. The van der Waals surface area contributed by atoms with Gasteiger partial charge >= 0.3 is 0 Å². The molecule has 2 aromatic heterocycles. The van der Waals surface area contributed by atoms with E-state index in [0.29, 0.717) is 61.3 Å². The quantitative estimate of drug-likeness (QED) is 0.523. The van der Waals surface area contributed by atoms with E-state index in [1.807, 2.05) is 32.9 Å². The van der Waals surface area contributed by atoms with Gasteiger partial charge in [-0.1, -0.05) is 19.9 Å². The van der Waals surface area contributed by atoms with Crippen molar-refractivity contribution >= 4 is 11.8 Å². The van der Waals surface area contributed by atoms with E-state index in [9.17, 15) is 9.59 Å². The first-order valence-corrected chi connectivity index (χ1v) is 13.2. The third-order valence-electron chi connectivity index (χ3n) is 6.49. The van der Waals surface area contributed by atoms with Crippen LogP contribution >= 0.6 is 0 Å². The molecule has 0 spiro atoms. The molecule has 4 rings (SSSR count). The Kier molecular flexibility index (Phi) is 9.48. The second-order valence-electron chi connectivity index (χ2n) is 9.93. The minimum Gasteiger partial charge on any atom is -0.493 e. The first-order valence-electron chi connectivity index (χ1n) is 13.2. The fourth-order valence-corrected chi connectivity index (χ4v) is 4.56. The number of rotatable bonds is 4. The largest absolute Gasteiger partial charge is 0.493 e. The topological polar surface area (TPSA) is 124 Å². The van der Waals surface area contributed by atoms with E-state index in [2.05, 4.69) is 30.6 Å². The van der Waals surface area contributed by atoms with Crippen molar-refractivity contribution in [3.8, 4) is 11.5 Å². The van der Waals surface area contributed by atoms with Crippen molar-refractivity contribution in [2.24, 2.45) is 5.92 Å². The molecular weight excluding hydrogens is 498 g/mol. The SMILES string of the molecule is COc1ccc2cc1OCCn1nc(C)nc1[C@H](C(C)C)NC(=O)CN(Cc1cccnc1)CCCNC2=O. The number of fused-ring (bicyclic) bond motifs is 3. The van der Waals surface area contributed by atoms with Gasteiger partial charge in [0.15, 0.2) is 11.5 Å². The molecule has 1 aliphatic heterocycles. The molecule has 0 saturated carbocycles. The average Bonchev–Trinajstić information content (AvgIpc) is 3.29. The van der Waals surface area contributed by atoms with Crippen LogP contribution in [0.5, 0.6) is 11.5 Å². The lowest BCUT2D eigenvalue weighted by atomic mass is 10.0. The highest BCUT2D eigenvalue weighted by atomic mass is 16.5. The molecule has 0 radical (unpaired) electrons. The smallest absolute Gasteiger partial charge is 0.251 e. The first-order chi connectivity index (χ1) is 18.8. The van der Waals surface area contributed by atoms with Gasteiger partial charge in [0.2, 0.25) is 5.91 Å². The van der Waals surface area contributed by atoms with Gasteiger partial charge in [0.25, 0.3) is 5.91 Å². The summed E-state index contributed by atoms with van der Waals surface area (Å²) in [5, 5.41) is 10.7. The number of nitrogens with zero attached hydrogens (tertiary/aromatic N) is 5. The highest BCUT2D eigenvalue weighted by Gasteiger charge is 2.26. The maximum absolute atomic E-state index is 13.3. The molecule has 1 aromatic carbocycles. The van der Waals surface area contributed by atoms with Crippen LogP contribution in [-0.2, 0) is 17.9 Å². The van der Waals surface area contributed by atoms with Crippen molar-refractivity contribution in [1.82, 2.24) is 35.3 Å². The summed E-state index contributed by atoms with van der Waals surface area (Å²) < 4.78 is 13.2. The molecule has 2 bridgehead atoms. The maximum atomic E-state index is 13.3. The molecule has 3 heterocycles. The standard InChI is InChI=1S/C28H37N7O4/c1-19(2)26-27-31-20(3)33-35(27)13-14-39-24-15-22(8-9-23(24)38-4)28(37)30-11-6-12-34(18-25(36)32-26)17-21-7-5-10-29-16-21/h5,7-10,15-16,19,26H,6,11-14,17-18H2,1-4H3,(H,30,37)(H,32,36)/t26-/m0/s1. The first kappa shape index (κ1) is 28.0. The van der Waals surface area contributed by atoms with Gasteiger partial charge in [-0.2, -0.15) is 5.10 Å². The molecule has 0 saturated heterocycles. The molecular formula is C28H37N7O4. The lowest BCUT2D eigenvalue weighted by Crippen LogP contribution is -2.41. The summed E-state index contributed by atoms with van der Waals surface area (Å²) in [6, 6.07) is 8.68. The summed E-state index contributed by atoms with van der Waals surface area (Å²) in [5.74, 6) is 2.08. The lowest BCUT2D eigenvalue weighted by molar-refractivity contribution is -0.123. The van der Waals surface area contributed by atoms with Crippen LogP contribution in [0.15, 0.2) is 42.7 Å². The van der Waals surface area contributed by atoms with Gasteiger partial charge in [0, 0.05) is 37.6 Å². The molecule has 1 aliphatic rings. The zero-order chi connectivity index (χ0) is 27.8. The van der Waals surface area contributed by atoms with Crippen LogP contribution in [0.2, 0.25) is 0 Å². The zero-order valence-corrected chi connectivity index (χ0v) is 23.0. The Morgan fingerprint density at radius 2 is 2.05 bits per heavy atom. The summed E-state index contributed by atoms with van der Waals surface area (Å²) in [7, 11) is 1.56. The van der Waals surface area contributed by atoms with Gasteiger partial charge in [-0.25, -0.2) is 9.67 Å². The van der Waals surface area contributed by atoms with Crippen LogP contribution < -0.4 is 20.1 Å². The van der Waals surface area contributed by atoms with Crippen LogP contribution in [-0.4, -0.2) is 69.8 Å². The summed E-state index contributed by atoms with van der Waals surface area (Å²) in [4.78, 5) is 37.1. The van der Waals surface area contributed by atoms with E-state index in [-0.39, 0.29) is 36.9 Å². The van der Waals surface area contributed by atoms with E-state index in [0.717, 1.165) is 5.56 Å². The Morgan fingerprint density at radius 3 is 2.79 bits per heavy atom. The van der Waals surface area contributed by atoms with Crippen molar-refractivity contribution in [3.63, 3.8) is 0 Å². The van der Waals surface area contributed by atoms with Crippen LogP contribution in [0.3, 0.4) is 0 Å². The van der Waals surface area contributed by atoms with Gasteiger partial charge < -0.3 is 20.1 Å². The molecule has 2 amide bonds. The van der Waals surface area contributed by atoms with Crippen molar-refractivity contribution in [2.75, 3.05) is 33.4 Å². The van der Waals surface area contributed by atoms with E-state index < -0.39 is 0 Å². The van der Waals surface area contributed by atoms with E-state index in [4.69, 9.17) is 9.47 Å². The third-order valence-corrected chi connectivity index (χ3v) is 6.49. The number of benzene rings is 1. The van der Waals surface area contributed by atoms with E-state index in [1.54, 1.807) is 42.4 Å². The third kappa shape index (κ3) is 7.53. The minimum absolute atomic E-state index is 0.0848. The van der Waals surface area contributed by atoms with Crippen molar-refractivity contribution in [3.05, 3.63) is 65.5 Å². The molecule has 2 N–H and O–H groups in total. The number of hydrogen-bond acceptors (Lipinski definition) is 8. The number of aromatic nitrogens is 4. The maximum Gasteiger partial charge on any atom is 0.251 e. The number of methoxy groups -OCH3 is 1. The van der Waals surface area contributed by atoms with Crippen molar-refractivity contribution in [1.29, 1.82) is 0 Å². The molecule has 1 atom stereocenters. The Bertz CT molecular complexity index is 1260. The lowest BCUT2D eigenvalue weighted by Gasteiger charge is -2.26. The number of ether oxygens (including phenoxy) is 2. The fraction of sp³-hybridized carbons (Fsp3) is 0.464. The number of hydrogen-bond donors (Lipinski definition) is 2. The molecule has 208 valence electrons. The second kappa shape index (κ2) is 13.2. The van der Waals surface area contributed by atoms with Gasteiger partial charge in [-0.15, -0.1) is 0 Å². The van der Waals surface area contributed by atoms with E-state index in [1.165, 1.54) is 0 Å². The number of carbonyl (C=O) groups is 2. The Hall–Kier alpha value is -3.99. The Labute approximate surface area is 228 Å². The number of pyridine rings is 1. The van der Waals surface area contributed by atoms with Crippen LogP contribution in [0.4, 0.5) is 0 Å². The zero-order valence-electron chi connectivity index (χ0n) is 23.0. The van der Waals surface area contributed by atoms with Crippen molar-refractivity contribution in [2.45, 2.75) is 46.3 Å². The Balaban J connectivity index is 1.62. The molecule has 11 heteroatoms. The van der Waals surface area contributed by atoms with E-state index >= 15 is 0 Å². The highest BCUT2D eigenvalue weighted by molar-refractivity contribution is 5.94. The number of aryl methyl sites for hydroxylation is 1. The fourth-order valence-electron chi connectivity index (χ4n) is 4.56. The highest BCUT2D eigenvalue weighted by Crippen LogP contribution is 2.28. The number of carbonyl (C=O) groups excluding carboxylic acids is 2. The summed E-state index contributed by atoms with van der Waals surface area (Å²) in [6.45, 7) is 8.44. The monoisotopic (exact) mass is 535 g/mol. The van der Waals surface area contributed by atoms with Gasteiger partial charge in [0.05, 0.1) is 26.2 Å². The summed E-state index contributed by atoms with van der Waals surface area (Å²) >= 11 is 0. The normalized spacial score (nSPS) is 17.8. The molecule has 0 aliphatic carbocycles.